The van der Waals surface area contributed by atoms with Crippen LogP contribution in [0.3, 0.4) is 0 Å². The van der Waals surface area contributed by atoms with Gasteiger partial charge in [0.25, 0.3) is 0 Å². The average Bonchev–Trinajstić information content (AvgIpc) is 2.13. The second-order valence-corrected chi connectivity index (χ2v) is 3.06. The van der Waals surface area contributed by atoms with E-state index in [1.54, 1.807) is 0 Å². The fraction of sp³-hybridized carbons (Fsp3) is 1.00. The van der Waals surface area contributed by atoms with Gasteiger partial charge in [0.15, 0.2) is 0 Å². The second-order valence-electron chi connectivity index (χ2n) is 3.06. The molecule has 0 aromatic rings. The predicted octanol–water partition coefficient (Wildman–Crippen LogP) is 1.46. The Labute approximate surface area is 44.4 Å². The Kier molecular flexibility index (Phi) is 0.890. The highest BCUT2D eigenvalue weighted by Gasteiger charge is 2.45. The lowest BCUT2D eigenvalue weighted by Crippen LogP contribution is -1.92. The molecule has 0 aliphatic heterocycles. The molecular formula is C6H11O. The van der Waals surface area contributed by atoms with E-state index >= 15 is 0 Å². The molecule has 0 aromatic carbocycles. The van der Waals surface area contributed by atoms with Crippen LogP contribution < -0.4 is 0 Å². The van der Waals surface area contributed by atoms with Crippen LogP contribution >= 0.6 is 0 Å². The maximum atomic E-state index is 10.1. The van der Waals surface area contributed by atoms with E-state index in [-0.39, 0.29) is 6.61 Å². The maximum Gasteiger partial charge on any atom is 0.0855 e. The first-order chi connectivity index (χ1) is 3.17. The minimum absolute atomic E-state index is 0.132. The lowest BCUT2D eigenvalue weighted by atomic mass is 10.1. The fourth-order valence-electron chi connectivity index (χ4n) is 0.861. The Morgan fingerprint density at radius 3 is 2.14 bits per heavy atom. The van der Waals surface area contributed by atoms with E-state index in [4.69, 9.17) is 0 Å². The van der Waals surface area contributed by atoms with Crippen molar-refractivity contribution in [2.75, 3.05) is 6.61 Å². The molecule has 0 saturated heterocycles. The van der Waals surface area contributed by atoms with Crippen LogP contribution in [0.25, 0.3) is 0 Å². The number of hydrogen-bond acceptors (Lipinski definition) is 0. The first kappa shape index (κ1) is 5.10. The molecule has 1 atom stereocenters. The summed E-state index contributed by atoms with van der Waals surface area (Å²) in [6.07, 6.45) is 1.15. The van der Waals surface area contributed by atoms with Crippen molar-refractivity contribution in [2.24, 2.45) is 11.3 Å². The van der Waals surface area contributed by atoms with Crippen molar-refractivity contribution in [1.82, 2.24) is 0 Å². The highest BCUT2D eigenvalue weighted by atomic mass is 16.3. The van der Waals surface area contributed by atoms with Crippen LogP contribution in [0, 0.1) is 11.3 Å². The van der Waals surface area contributed by atoms with E-state index in [1.807, 2.05) is 0 Å². The maximum absolute atomic E-state index is 10.1. The van der Waals surface area contributed by atoms with Crippen molar-refractivity contribution in [3.8, 4) is 0 Å². The predicted molar refractivity (Wildman–Crippen MR) is 27.4 cm³/mol. The largest absolute Gasteiger partial charge is 0.236 e. The van der Waals surface area contributed by atoms with Gasteiger partial charge in [-0.3, -0.25) is 0 Å². The minimum Gasteiger partial charge on any atom is -0.236 e. The molecule has 1 unspecified atom stereocenters. The van der Waals surface area contributed by atoms with Crippen LogP contribution in [-0.2, 0) is 5.11 Å². The summed E-state index contributed by atoms with van der Waals surface area (Å²) in [4.78, 5) is 0. The average molecular weight is 99.2 g/mol. The zero-order valence-electron chi connectivity index (χ0n) is 4.90. The molecule has 1 radical (unpaired) electrons. The zero-order valence-corrected chi connectivity index (χ0v) is 4.90. The SMILES string of the molecule is CC1(C)CC1C[O]. The molecule has 7 heavy (non-hydrogen) atoms. The van der Waals surface area contributed by atoms with Gasteiger partial charge in [0, 0.05) is 0 Å². The van der Waals surface area contributed by atoms with Gasteiger partial charge < -0.3 is 0 Å². The Morgan fingerprint density at radius 1 is 1.71 bits per heavy atom. The van der Waals surface area contributed by atoms with Gasteiger partial charge in [0.05, 0.1) is 6.61 Å². The standard InChI is InChI=1S/C6H11O/c1-6(2)3-5(6)4-7/h5H,3-4H2,1-2H3. The Balaban J connectivity index is 2.30. The smallest absolute Gasteiger partial charge is 0.0855 e. The van der Waals surface area contributed by atoms with Crippen molar-refractivity contribution in [3.63, 3.8) is 0 Å². The van der Waals surface area contributed by atoms with E-state index in [1.165, 1.54) is 0 Å². The van der Waals surface area contributed by atoms with Gasteiger partial charge in [-0.05, 0) is 17.8 Å². The molecule has 0 aromatic heterocycles. The van der Waals surface area contributed by atoms with Crippen LogP contribution in [0.1, 0.15) is 20.3 Å². The van der Waals surface area contributed by atoms with E-state index in [9.17, 15) is 5.11 Å². The first-order valence-corrected chi connectivity index (χ1v) is 2.75. The van der Waals surface area contributed by atoms with Gasteiger partial charge in [-0.2, -0.15) is 0 Å². The lowest BCUT2D eigenvalue weighted by molar-refractivity contribution is 0.167. The molecule has 1 heteroatoms. The Hall–Kier alpha value is -0.0400. The summed E-state index contributed by atoms with van der Waals surface area (Å²) in [6.45, 7) is 4.43. The summed E-state index contributed by atoms with van der Waals surface area (Å²) in [5.74, 6) is 0.493. The molecule has 41 valence electrons. The summed E-state index contributed by atoms with van der Waals surface area (Å²) < 4.78 is 0. The molecule has 1 rings (SSSR count). The van der Waals surface area contributed by atoms with E-state index in [2.05, 4.69) is 13.8 Å². The Morgan fingerprint density at radius 2 is 2.14 bits per heavy atom. The molecule has 1 nitrogen and oxygen atoms in total. The molecule has 0 amide bonds. The van der Waals surface area contributed by atoms with Crippen LogP contribution in [0.2, 0.25) is 0 Å². The quantitative estimate of drug-likeness (QED) is 0.474. The molecule has 1 aliphatic carbocycles. The molecular weight excluding hydrogens is 88.1 g/mol. The van der Waals surface area contributed by atoms with E-state index < -0.39 is 0 Å². The van der Waals surface area contributed by atoms with Crippen LogP contribution in [0.4, 0.5) is 0 Å². The highest BCUT2D eigenvalue weighted by molar-refractivity contribution is 4.94. The summed E-state index contributed by atoms with van der Waals surface area (Å²) in [7, 11) is 0. The van der Waals surface area contributed by atoms with E-state index in [0.29, 0.717) is 11.3 Å². The van der Waals surface area contributed by atoms with Crippen LogP contribution in [0.5, 0.6) is 0 Å². The summed E-state index contributed by atoms with van der Waals surface area (Å²) in [6, 6.07) is 0. The third-order valence-electron chi connectivity index (χ3n) is 1.92. The van der Waals surface area contributed by atoms with Crippen LogP contribution in [0.15, 0.2) is 0 Å². The van der Waals surface area contributed by atoms with Crippen molar-refractivity contribution in [3.05, 3.63) is 0 Å². The van der Waals surface area contributed by atoms with Crippen molar-refractivity contribution < 1.29 is 5.11 Å². The molecule has 0 heterocycles. The van der Waals surface area contributed by atoms with Gasteiger partial charge in [0.1, 0.15) is 0 Å². The lowest BCUT2D eigenvalue weighted by Gasteiger charge is -1.94. The summed E-state index contributed by atoms with van der Waals surface area (Å²) in [5.41, 5.74) is 0.405. The molecule has 1 saturated carbocycles. The molecule has 1 fully saturated rings. The normalized spacial score (nSPS) is 35.6. The van der Waals surface area contributed by atoms with Crippen LogP contribution in [-0.4, -0.2) is 6.61 Å². The molecule has 0 N–H and O–H groups in total. The number of rotatable bonds is 1. The molecule has 0 bridgehead atoms. The highest BCUT2D eigenvalue weighted by Crippen LogP contribution is 2.50. The molecule has 1 aliphatic rings. The van der Waals surface area contributed by atoms with E-state index in [0.717, 1.165) is 6.42 Å². The monoisotopic (exact) mass is 99.1 g/mol. The Bertz CT molecular complexity index is 76.2. The van der Waals surface area contributed by atoms with Crippen molar-refractivity contribution in [1.29, 1.82) is 0 Å². The summed E-state index contributed by atoms with van der Waals surface area (Å²) in [5, 5.41) is 10.1. The van der Waals surface area contributed by atoms with Gasteiger partial charge >= 0.3 is 0 Å². The molecule has 0 spiro atoms. The van der Waals surface area contributed by atoms with Gasteiger partial charge in [-0.25, -0.2) is 5.11 Å². The fourth-order valence-corrected chi connectivity index (χ4v) is 0.861. The van der Waals surface area contributed by atoms with Crippen molar-refractivity contribution in [2.45, 2.75) is 20.3 Å². The van der Waals surface area contributed by atoms with Gasteiger partial charge in [0.2, 0.25) is 0 Å². The van der Waals surface area contributed by atoms with Gasteiger partial charge in [-0.1, -0.05) is 13.8 Å². The zero-order chi connectivity index (χ0) is 5.49. The number of hydrogen-bond donors (Lipinski definition) is 0. The second kappa shape index (κ2) is 1.22. The third-order valence-corrected chi connectivity index (χ3v) is 1.92. The topological polar surface area (TPSA) is 19.9 Å². The summed E-state index contributed by atoms with van der Waals surface area (Å²) >= 11 is 0. The first-order valence-electron chi connectivity index (χ1n) is 2.75. The van der Waals surface area contributed by atoms with Crippen molar-refractivity contribution >= 4 is 0 Å². The van der Waals surface area contributed by atoms with Gasteiger partial charge in [-0.15, -0.1) is 0 Å². The minimum atomic E-state index is 0.132. The third kappa shape index (κ3) is 0.778.